The van der Waals surface area contributed by atoms with Crippen LogP contribution >= 0.6 is 0 Å². The molecule has 0 saturated carbocycles. The maximum absolute atomic E-state index is 11.0. The number of nitrogens with zero attached hydrogens (tertiary/aromatic N) is 2. The first-order chi connectivity index (χ1) is 6.65. The number of H-pyrrole nitrogens is 1. The lowest BCUT2D eigenvalue weighted by Crippen LogP contribution is -2.15. The van der Waals surface area contributed by atoms with Crippen molar-refractivity contribution in [2.24, 2.45) is 0 Å². The molecule has 0 radical (unpaired) electrons. The van der Waals surface area contributed by atoms with Gasteiger partial charge < -0.3 is 10.2 Å². The molecule has 0 atom stereocenters. The van der Waals surface area contributed by atoms with E-state index >= 15 is 0 Å². The summed E-state index contributed by atoms with van der Waals surface area (Å²) in [5.74, 6) is 1.42. The maximum Gasteiger partial charge on any atom is 0.349 e. The monoisotopic (exact) mass is 192 g/mol. The number of aromatic amines is 1. The van der Waals surface area contributed by atoms with E-state index < -0.39 is 5.69 Å². The molecular weight excluding hydrogens is 184 g/mol. The van der Waals surface area contributed by atoms with Gasteiger partial charge in [-0.25, -0.2) is 4.79 Å². The van der Waals surface area contributed by atoms with Crippen molar-refractivity contribution in [2.75, 3.05) is 5.73 Å². The van der Waals surface area contributed by atoms with Crippen LogP contribution in [0.3, 0.4) is 0 Å². The highest BCUT2D eigenvalue weighted by Crippen LogP contribution is 2.16. The molecule has 0 unspecified atom stereocenters. The van der Waals surface area contributed by atoms with Crippen molar-refractivity contribution in [3.05, 3.63) is 28.4 Å². The molecule has 2 aromatic heterocycles. The Kier molecular flexibility index (Phi) is 1.81. The van der Waals surface area contributed by atoms with Gasteiger partial charge in [-0.15, -0.1) is 0 Å². The van der Waals surface area contributed by atoms with Crippen molar-refractivity contribution in [2.45, 2.75) is 6.92 Å². The van der Waals surface area contributed by atoms with Gasteiger partial charge >= 0.3 is 5.69 Å². The fraction of sp³-hybridized carbons (Fsp3) is 0.125. The Morgan fingerprint density at radius 2 is 2.21 bits per heavy atom. The van der Waals surface area contributed by atoms with Gasteiger partial charge in [0, 0.05) is 0 Å². The molecule has 3 N–H and O–H groups in total. The Hall–Kier alpha value is -2.11. The molecule has 2 rings (SSSR count). The lowest BCUT2D eigenvalue weighted by molar-refractivity contribution is 0.543. The summed E-state index contributed by atoms with van der Waals surface area (Å²) in [4.78, 5) is 20.6. The van der Waals surface area contributed by atoms with Crippen LogP contribution < -0.4 is 11.4 Å². The third-order valence-electron chi connectivity index (χ3n) is 1.64. The van der Waals surface area contributed by atoms with Gasteiger partial charge in [0.1, 0.15) is 5.76 Å². The third kappa shape index (κ3) is 1.49. The lowest BCUT2D eigenvalue weighted by Gasteiger charge is -1.95. The molecule has 0 amide bonds. The first-order valence-electron chi connectivity index (χ1n) is 3.96. The van der Waals surface area contributed by atoms with Crippen LogP contribution in [-0.2, 0) is 0 Å². The van der Waals surface area contributed by atoms with Gasteiger partial charge in [0.15, 0.2) is 11.6 Å². The van der Waals surface area contributed by atoms with Crippen molar-refractivity contribution < 1.29 is 4.42 Å². The van der Waals surface area contributed by atoms with Gasteiger partial charge in [0.2, 0.25) is 5.95 Å². The van der Waals surface area contributed by atoms with E-state index in [2.05, 4.69) is 15.0 Å². The summed E-state index contributed by atoms with van der Waals surface area (Å²) >= 11 is 0. The Morgan fingerprint density at radius 1 is 1.43 bits per heavy atom. The van der Waals surface area contributed by atoms with E-state index in [1.165, 1.54) is 0 Å². The minimum absolute atomic E-state index is 0.0715. The van der Waals surface area contributed by atoms with Crippen LogP contribution in [0.1, 0.15) is 5.76 Å². The second-order valence-electron chi connectivity index (χ2n) is 2.77. The number of hydrogen-bond acceptors (Lipinski definition) is 5. The zero-order chi connectivity index (χ0) is 10.1. The first-order valence-corrected chi connectivity index (χ1v) is 3.96. The molecule has 2 heterocycles. The number of aromatic nitrogens is 3. The maximum atomic E-state index is 11.0. The molecule has 6 nitrogen and oxygen atoms in total. The zero-order valence-corrected chi connectivity index (χ0v) is 7.44. The number of furan rings is 1. The second-order valence-corrected chi connectivity index (χ2v) is 2.77. The molecule has 0 fully saturated rings. The Morgan fingerprint density at radius 3 is 2.79 bits per heavy atom. The van der Waals surface area contributed by atoms with Crippen molar-refractivity contribution in [3.63, 3.8) is 0 Å². The normalized spacial score (nSPS) is 10.4. The fourth-order valence-corrected chi connectivity index (χ4v) is 1.08. The fourth-order valence-electron chi connectivity index (χ4n) is 1.08. The topological polar surface area (TPSA) is 97.8 Å². The smallest absolute Gasteiger partial charge is 0.349 e. The highest BCUT2D eigenvalue weighted by molar-refractivity contribution is 5.47. The molecule has 0 aliphatic heterocycles. The first kappa shape index (κ1) is 8.49. The van der Waals surface area contributed by atoms with Crippen molar-refractivity contribution in [1.29, 1.82) is 0 Å². The van der Waals surface area contributed by atoms with Crippen LogP contribution in [0.4, 0.5) is 5.95 Å². The molecule has 0 spiro atoms. The minimum Gasteiger partial charge on any atom is -0.458 e. The average Bonchev–Trinajstić information content (AvgIpc) is 2.50. The van der Waals surface area contributed by atoms with Gasteiger partial charge in [0.25, 0.3) is 0 Å². The van der Waals surface area contributed by atoms with E-state index in [9.17, 15) is 4.79 Å². The number of nitrogens with two attached hydrogens (primary N) is 1. The van der Waals surface area contributed by atoms with Crippen molar-refractivity contribution >= 4 is 5.95 Å². The Balaban J connectivity index is 2.56. The molecule has 6 heteroatoms. The SMILES string of the molecule is Cc1ccc(-c2nc(N)nc(=O)[nH]2)o1. The number of nitrogens with one attached hydrogen (secondary N) is 1. The highest BCUT2D eigenvalue weighted by Gasteiger charge is 2.06. The number of anilines is 1. The Bertz CT molecular complexity index is 514. The summed E-state index contributed by atoms with van der Waals surface area (Å²) in [6.07, 6.45) is 0. The predicted octanol–water partition coefficient (Wildman–Crippen LogP) is 0.316. The minimum atomic E-state index is -0.540. The summed E-state index contributed by atoms with van der Waals surface area (Å²) in [6, 6.07) is 3.47. The zero-order valence-electron chi connectivity index (χ0n) is 7.44. The average molecular weight is 192 g/mol. The molecule has 0 bridgehead atoms. The lowest BCUT2D eigenvalue weighted by atomic mass is 10.4. The molecule has 14 heavy (non-hydrogen) atoms. The van der Waals surface area contributed by atoms with Crippen molar-refractivity contribution in [1.82, 2.24) is 15.0 Å². The summed E-state index contributed by atoms with van der Waals surface area (Å²) in [5.41, 5.74) is 4.78. The van der Waals surface area contributed by atoms with Gasteiger partial charge in [-0.3, -0.25) is 4.98 Å². The van der Waals surface area contributed by atoms with Crippen LogP contribution in [0, 0.1) is 6.92 Å². The van der Waals surface area contributed by atoms with Crippen LogP contribution in [0.5, 0.6) is 0 Å². The van der Waals surface area contributed by atoms with Gasteiger partial charge in [-0.2, -0.15) is 9.97 Å². The summed E-state index contributed by atoms with van der Waals surface area (Å²) < 4.78 is 5.26. The second kappa shape index (κ2) is 2.99. The largest absolute Gasteiger partial charge is 0.458 e. The quantitative estimate of drug-likeness (QED) is 0.677. The Labute approximate surface area is 78.8 Å². The molecule has 0 aromatic carbocycles. The molecule has 0 saturated heterocycles. The van der Waals surface area contributed by atoms with E-state index in [-0.39, 0.29) is 11.8 Å². The van der Waals surface area contributed by atoms with Crippen LogP contribution in [0.15, 0.2) is 21.3 Å². The van der Waals surface area contributed by atoms with Gasteiger partial charge in [0.05, 0.1) is 0 Å². The van der Waals surface area contributed by atoms with E-state index in [0.717, 1.165) is 5.76 Å². The molecular formula is C8H8N4O2. The summed E-state index contributed by atoms with van der Waals surface area (Å²) in [6.45, 7) is 1.80. The molecule has 0 aliphatic carbocycles. The number of nitrogen functional groups attached to an aromatic ring is 1. The number of rotatable bonds is 1. The summed E-state index contributed by atoms with van der Waals surface area (Å²) in [5, 5.41) is 0. The van der Waals surface area contributed by atoms with Crippen molar-refractivity contribution in [3.8, 4) is 11.6 Å². The standard InChI is InChI=1S/C8H8N4O2/c1-4-2-3-5(14-4)6-10-7(9)12-8(13)11-6/h2-3H,1H3,(H3,9,10,11,12,13). The van der Waals surface area contributed by atoms with E-state index in [1.54, 1.807) is 19.1 Å². The van der Waals surface area contributed by atoms with Gasteiger partial charge in [-0.05, 0) is 19.1 Å². The van der Waals surface area contributed by atoms with E-state index in [1.807, 2.05) is 0 Å². The predicted molar refractivity (Wildman–Crippen MR) is 49.5 cm³/mol. The van der Waals surface area contributed by atoms with Crippen LogP contribution in [-0.4, -0.2) is 15.0 Å². The van der Waals surface area contributed by atoms with Crippen LogP contribution in [0.25, 0.3) is 11.6 Å². The number of hydrogen-bond donors (Lipinski definition) is 2. The highest BCUT2D eigenvalue weighted by atomic mass is 16.3. The number of aryl methyl sites for hydroxylation is 1. The third-order valence-corrected chi connectivity index (χ3v) is 1.64. The van der Waals surface area contributed by atoms with Gasteiger partial charge in [-0.1, -0.05) is 0 Å². The summed E-state index contributed by atoms with van der Waals surface area (Å²) in [7, 11) is 0. The van der Waals surface area contributed by atoms with E-state index in [0.29, 0.717) is 5.76 Å². The van der Waals surface area contributed by atoms with Crippen LogP contribution in [0.2, 0.25) is 0 Å². The molecule has 2 aromatic rings. The molecule has 72 valence electrons. The van der Waals surface area contributed by atoms with E-state index in [4.69, 9.17) is 10.2 Å². The molecule has 0 aliphatic rings.